The summed E-state index contributed by atoms with van der Waals surface area (Å²) in [6.07, 6.45) is 2.11. The van der Waals surface area contributed by atoms with Crippen LogP contribution in [0.2, 0.25) is 0 Å². The van der Waals surface area contributed by atoms with Crippen LogP contribution in [0, 0.1) is 0 Å². The van der Waals surface area contributed by atoms with E-state index >= 15 is 0 Å². The number of carboxylic acids is 1. The summed E-state index contributed by atoms with van der Waals surface area (Å²) < 4.78 is 10.8. The average molecular weight is 289 g/mol. The van der Waals surface area contributed by atoms with Gasteiger partial charge in [-0.2, -0.15) is 0 Å². The molecule has 5 nitrogen and oxygen atoms in total. The first kappa shape index (κ1) is 15.0. The van der Waals surface area contributed by atoms with Crippen LogP contribution in [0.25, 0.3) is 0 Å². The quantitative estimate of drug-likeness (QED) is 0.815. The van der Waals surface area contributed by atoms with Crippen LogP contribution in [0.4, 0.5) is 5.69 Å². The minimum Gasteiger partial charge on any atom is -0.483 e. The maximum atomic E-state index is 10.7. The lowest BCUT2D eigenvalue weighted by atomic mass is 10.1. The van der Waals surface area contributed by atoms with E-state index < -0.39 is 5.97 Å². The predicted molar refractivity (Wildman–Crippen MR) is 80.0 cm³/mol. The van der Waals surface area contributed by atoms with Gasteiger partial charge in [-0.3, -0.25) is 0 Å². The van der Waals surface area contributed by atoms with Crippen molar-refractivity contribution >= 4 is 11.7 Å². The van der Waals surface area contributed by atoms with Gasteiger partial charge in [0, 0.05) is 7.05 Å². The first-order valence-electron chi connectivity index (χ1n) is 6.89. The Balaban J connectivity index is 2.06. The van der Waals surface area contributed by atoms with E-state index in [0.29, 0.717) is 11.5 Å². The molecular weight excluding hydrogens is 270 g/mol. The summed E-state index contributed by atoms with van der Waals surface area (Å²) in [6, 6.07) is 9.03. The highest BCUT2D eigenvalue weighted by Crippen LogP contribution is 2.27. The number of hydrogen-bond donors (Lipinski definition) is 2. The second kappa shape index (κ2) is 6.83. The van der Waals surface area contributed by atoms with E-state index in [1.165, 1.54) is 11.6 Å². The van der Waals surface area contributed by atoms with Crippen LogP contribution in [0.5, 0.6) is 5.75 Å². The number of carbonyl (C=O) groups is 1. The predicted octanol–water partition coefficient (Wildman–Crippen LogP) is 3.55. The Morgan fingerprint density at radius 3 is 2.76 bits per heavy atom. The van der Waals surface area contributed by atoms with Crippen molar-refractivity contribution in [3.63, 3.8) is 0 Å². The minimum absolute atomic E-state index is 0.0827. The average Bonchev–Trinajstić information content (AvgIpc) is 2.95. The Morgan fingerprint density at radius 1 is 1.33 bits per heavy atom. The maximum Gasteiger partial charge on any atom is 0.371 e. The van der Waals surface area contributed by atoms with Crippen LogP contribution in [0.1, 0.15) is 35.2 Å². The highest BCUT2D eigenvalue weighted by atomic mass is 16.5. The van der Waals surface area contributed by atoms with E-state index in [1.54, 1.807) is 6.07 Å². The lowest BCUT2D eigenvalue weighted by Crippen LogP contribution is -1.99. The molecule has 0 bridgehead atoms. The summed E-state index contributed by atoms with van der Waals surface area (Å²) >= 11 is 0. The molecule has 0 saturated carbocycles. The van der Waals surface area contributed by atoms with E-state index in [2.05, 4.69) is 18.3 Å². The first-order valence-corrected chi connectivity index (χ1v) is 6.89. The summed E-state index contributed by atoms with van der Waals surface area (Å²) in [5, 5.41) is 11.9. The van der Waals surface area contributed by atoms with Gasteiger partial charge in [0.1, 0.15) is 18.1 Å². The Labute approximate surface area is 123 Å². The zero-order chi connectivity index (χ0) is 15.2. The van der Waals surface area contributed by atoms with Crippen molar-refractivity contribution in [3.8, 4) is 5.75 Å². The molecule has 2 rings (SSSR count). The molecule has 1 aromatic carbocycles. The number of furan rings is 1. The SMILES string of the molecule is CCCc1ccc(OCc2ccc(C(=O)O)o2)c(NC)c1. The van der Waals surface area contributed by atoms with Crippen LogP contribution in [-0.4, -0.2) is 18.1 Å². The zero-order valence-corrected chi connectivity index (χ0v) is 12.2. The van der Waals surface area contributed by atoms with Gasteiger partial charge in [0.2, 0.25) is 5.76 Å². The molecule has 21 heavy (non-hydrogen) atoms. The van der Waals surface area contributed by atoms with E-state index in [4.69, 9.17) is 14.3 Å². The molecule has 1 aromatic heterocycles. The smallest absolute Gasteiger partial charge is 0.371 e. The molecule has 0 fully saturated rings. The molecule has 2 N–H and O–H groups in total. The molecule has 0 unspecified atom stereocenters. The summed E-state index contributed by atoms with van der Waals surface area (Å²) in [5.41, 5.74) is 2.16. The topological polar surface area (TPSA) is 71.7 Å². The summed E-state index contributed by atoms with van der Waals surface area (Å²) in [7, 11) is 1.84. The van der Waals surface area contributed by atoms with Gasteiger partial charge >= 0.3 is 5.97 Å². The third-order valence-corrected chi connectivity index (χ3v) is 3.09. The number of ether oxygens (including phenoxy) is 1. The van der Waals surface area contributed by atoms with Crippen molar-refractivity contribution in [1.29, 1.82) is 0 Å². The number of nitrogens with one attached hydrogen (secondary N) is 1. The normalized spacial score (nSPS) is 10.4. The Kier molecular flexibility index (Phi) is 4.87. The molecule has 0 spiro atoms. The Bertz CT molecular complexity index is 618. The van der Waals surface area contributed by atoms with Crippen LogP contribution in [-0.2, 0) is 13.0 Å². The van der Waals surface area contributed by atoms with Gasteiger partial charge in [0.05, 0.1) is 5.69 Å². The summed E-state index contributed by atoms with van der Waals surface area (Å²) in [6.45, 7) is 2.33. The fourth-order valence-corrected chi connectivity index (χ4v) is 2.06. The van der Waals surface area contributed by atoms with Crippen LogP contribution < -0.4 is 10.1 Å². The van der Waals surface area contributed by atoms with Crippen LogP contribution in [0.15, 0.2) is 34.7 Å². The van der Waals surface area contributed by atoms with Crippen molar-refractivity contribution in [2.24, 2.45) is 0 Å². The number of rotatable bonds is 7. The molecule has 0 aliphatic carbocycles. The zero-order valence-electron chi connectivity index (χ0n) is 12.2. The van der Waals surface area contributed by atoms with Crippen LogP contribution in [0.3, 0.4) is 0 Å². The molecule has 0 aliphatic rings. The van der Waals surface area contributed by atoms with E-state index in [1.807, 2.05) is 19.2 Å². The van der Waals surface area contributed by atoms with E-state index in [9.17, 15) is 4.79 Å². The fraction of sp³-hybridized carbons (Fsp3) is 0.312. The first-order chi connectivity index (χ1) is 10.1. The number of aryl methyl sites for hydroxylation is 1. The van der Waals surface area contributed by atoms with Crippen LogP contribution >= 0.6 is 0 Å². The molecule has 1 heterocycles. The highest BCUT2D eigenvalue weighted by Gasteiger charge is 2.10. The molecule has 2 aromatic rings. The monoisotopic (exact) mass is 289 g/mol. The van der Waals surface area contributed by atoms with Gasteiger partial charge in [-0.1, -0.05) is 19.4 Å². The number of benzene rings is 1. The second-order valence-corrected chi connectivity index (χ2v) is 4.69. The Hall–Kier alpha value is -2.43. The fourth-order valence-electron chi connectivity index (χ4n) is 2.06. The second-order valence-electron chi connectivity index (χ2n) is 4.69. The maximum absolute atomic E-state index is 10.7. The number of anilines is 1. The minimum atomic E-state index is -1.08. The third kappa shape index (κ3) is 3.78. The van der Waals surface area contributed by atoms with Crippen molar-refractivity contribution < 1.29 is 19.1 Å². The van der Waals surface area contributed by atoms with Gasteiger partial charge in [0.15, 0.2) is 0 Å². The highest BCUT2D eigenvalue weighted by molar-refractivity contribution is 5.84. The standard InChI is InChI=1S/C16H19NO4/c1-3-4-11-5-7-14(13(9-11)17-2)20-10-12-6-8-15(21-12)16(18)19/h5-9,17H,3-4,10H2,1-2H3,(H,18,19). The third-order valence-electron chi connectivity index (χ3n) is 3.09. The molecular formula is C16H19NO4. The van der Waals surface area contributed by atoms with E-state index in [0.717, 1.165) is 18.5 Å². The summed E-state index contributed by atoms with van der Waals surface area (Å²) in [5.74, 6) is 0.0273. The van der Waals surface area contributed by atoms with Gasteiger partial charge < -0.3 is 19.6 Å². The van der Waals surface area contributed by atoms with Gasteiger partial charge in [-0.25, -0.2) is 4.79 Å². The number of carboxylic acid groups (broad SMARTS) is 1. The molecule has 0 saturated heterocycles. The number of aromatic carboxylic acids is 1. The lowest BCUT2D eigenvalue weighted by molar-refractivity contribution is 0.0658. The molecule has 0 radical (unpaired) electrons. The molecule has 0 aliphatic heterocycles. The molecule has 5 heteroatoms. The van der Waals surface area contributed by atoms with Gasteiger partial charge in [-0.15, -0.1) is 0 Å². The van der Waals surface area contributed by atoms with Crippen molar-refractivity contribution in [2.45, 2.75) is 26.4 Å². The lowest BCUT2D eigenvalue weighted by Gasteiger charge is -2.12. The summed E-state index contributed by atoms with van der Waals surface area (Å²) in [4.78, 5) is 10.7. The van der Waals surface area contributed by atoms with Crippen molar-refractivity contribution in [1.82, 2.24) is 0 Å². The van der Waals surface area contributed by atoms with E-state index in [-0.39, 0.29) is 12.4 Å². The van der Waals surface area contributed by atoms with Gasteiger partial charge in [0.25, 0.3) is 0 Å². The Morgan fingerprint density at radius 2 is 2.14 bits per heavy atom. The molecule has 0 amide bonds. The number of hydrogen-bond acceptors (Lipinski definition) is 4. The largest absolute Gasteiger partial charge is 0.483 e. The van der Waals surface area contributed by atoms with Gasteiger partial charge in [-0.05, 0) is 36.2 Å². The molecule has 112 valence electrons. The van der Waals surface area contributed by atoms with Crippen molar-refractivity contribution in [2.75, 3.05) is 12.4 Å². The van der Waals surface area contributed by atoms with Crippen molar-refractivity contribution in [3.05, 3.63) is 47.4 Å². The molecule has 0 atom stereocenters.